The van der Waals surface area contributed by atoms with Crippen molar-refractivity contribution in [2.45, 2.75) is 32.8 Å². The zero-order valence-corrected chi connectivity index (χ0v) is 15.2. The van der Waals surface area contributed by atoms with E-state index in [0.717, 1.165) is 25.3 Å². The number of unbranched alkanes of at least 4 members (excludes halogenated alkanes) is 1. The van der Waals surface area contributed by atoms with Crippen LogP contribution in [0.3, 0.4) is 0 Å². The molecule has 0 aromatic heterocycles. The molecule has 1 atom stereocenters. The summed E-state index contributed by atoms with van der Waals surface area (Å²) in [6, 6.07) is 6.03. The van der Waals surface area contributed by atoms with E-state index >= 15 is 0 Å². The highest BCUT2D eigenvalue weighted by atomic mass is 127. The van der Waals surface area contributed by atoms with Gasteiger partial charge in [-0.05, 0) is 37.6 Å². The summed E-state index contributed by atoms with van der Waals surface area (Å²) in [5.74, 6) is 1.17. The molecule has 1 unspecified atom stereocenters. The molecule has 0 saturated heterocycles. The van der Waals surface area contributed by atoms with Gasteiger partial charge in [0, 0.05) is 13.6 Å². The number of benzene rings is 1. The second kappa shape index (κ2) is 11.6. The van der Waals surface area contributed by atoms with Gasteiger partial charge in [-0.2, -0.15) is 0 Å². The monoisotopic (exact) mass is 409 g/mol. The molecular weight excluding hydrogens is 384 g/mol. The molecule has 1 aromatic rings. The highest BCUT2D eigenvalue weighted by Crippen LogP contribution is 2.12. The minimum absolute atomic E-state index is 0. The maximum atomic E-state index is 12.8. The maximum absolute atomic E-state index is 12.8. The zero-order chi connectivity index (χ0) is 14.8. The largest absolute Gasteiger partial charge is 0.489 e. The van der Waals surface area contributed by atoms with Gasteiger partial charge in [-0.1, -0.05) is 13.3 Å². The first-order valence-corrected chi connectivity index (χ1v) is 7.02. The van der Waals surface area contributed by atoms with Gasteiger partial charge in [0.25, 0.3) is 0 Å². The molecular formula is C15H25FIN3O. The minimum Gasteiger partial charge on any atom is -0.489 e. The van der Waals surface area contributed by atoms with E-state index in [1.54, 1.807) is 19.2 Å². The van der Waals surface area contributed by atoms with Gasteiger partial charge in [-0.25, -0.2) is 4.39 Å². The van der Waals surface area contributed by atoms with Crippen LogP contribution in [-0.2, 0) is 0 Å². The van der Waals surface area contributed by atoms with Crippen molar-refractivity contribution in [1.29, 1.82) is 0 Å². The molecule has 1 aromatic carbocycles. The average Bonchev–Trinajstić information content (AvgIpc) is 2.45. The van der Waals surface area contributed by atoms with E-state index in [2.05, 4.69) is 22.5 Å². The number of ether oxygens (including phenoxy) is 1. The number of nitrogens with zero attached hydrogens (tertiary/aromatic N) is 1. The van der Waals surface area contributed by atoms with Crippen LogP contribution in [0.25, 0.3) is 0 Å². The number of rotatable bonds is 7. The summed E-state index contributed by atoms with van der Waals surface area (Å²) in [4.78, 5) is 4.14. The summed E-state index contributed by atoms with van der Waals surface area (Å²) < 4.78 is 18.5. The third kappa shape index (κ3) is 8.75. The van der Waals surface area contributed by atoms with Crippen LogP contribution in [0.15, 0.2) is 29.3 Å². The lowest BCUT2D eigenvalue weighted by molar-refractivity contribution is 0.223. The van der Waals surface area contributed by atoms with Crippen LogP contribution in [0.4, 0.5) is 4.39 Å². The molecule has 0 saturated carbocycles. The first-order chi connectivity index (χ1) is 9.65. The van der Waals surface area contributed by atoms with Crippen LogP contribution in [0.1, 0.15) is 26.7 Å². The predicted molar refractivity (Wildman–Crippen MR) is 96.2 cm³/mol. The highest BCUT2D eigenvalue weighted by Gasteiger charge is 2.05. The fraction of sp³-hybridized carbons (Fsp3) is 0.533. The van der Waals surface area contributed by atoms with E-state index < -0.39 is 0 Å². The standard InChI is InChI=1S/C15H24FN3O.HI/c1-4-5-10-18-15(17-3)19-11-12(2)20-14-8-6-13(16)7-9-14;/h6-9,12H,4-5,10-11H2,1-3H3,(H2,17,18,19);1H. The Bertz CT molecular complexity index is 412. The second-order valence-corrected chi connectivity index (χ2v) is 4.62. The van der Waals surface area contributed by atoms with Crippen molar-refractivity contribution in [1.82, 2.24) is 10.6 Å². The number of halogens is 2. The zero-order valence-electron chi connectivity index (χ0n) is 12.9. The molecule has 6 heteroatoms. The second-order valence-electron chi connectivity index (χ2n) is 4.62. The Hall–Kier alpha value is -1.05. The molecule has 0 aliphatic heterocycles. The molecule has 4 nitrogen and oxygen atoms in total. The van der Waals surface area contributed by atoms with Crippen molar-refractivity contribution in [3.05, 3.63) is 30.1 Å². The molecule has 0 amide bonds. The number of aliphatic imine (C=N–C) groups is 1. The molecule has 0 aliphatic rings. The Balaban J connectivity index is 0.00000400. The molecule has 1 rings (SSSR count). The topological polar surface area (TPSA) is 45.7 Å². The van der Waals surface area contributed by atoms with Gasteiger partial charge in [0.05, 0.1) is 6.54 Å². The van der Waals surface area contributed by atoms with Gasteiger partial charge in [-0.15, -0.1) is 24.0 Å². The third-order valence-electron chi connectivity index (χ3n) is 2.75. The molecule has 0 fully saturated rings. The Morgan fingerprint density at radius 2 is 1.95 bits per heavy atom. The van der Waals surface area contributed by atoms with Crippen molar-refractivity contribution < 1.29 is 9.13 Å². The van der Waals surface area contributed by atoms with E-state index in [9.17, 15) is 4.39 Å². The van der Waals surface area contributed by atoms with Crippen LogP contribution in [0, 0.1) is 5.82 Å². The smallest absolute Gasteiger partial charge is 0.191 e. The number of hydrogen-bond acceptors (Lipinski definition) is 2. The van der Waals surface area contributed by atoms with Crippen molar-refractivity contribution in [2.24, 2.45) is 4.99 Å². The average molecular weight is 409 g/mol. The molecule has 0 spiro atoms. The summed E-state index contributed by atoms with van der Waals surface area (Å²) >= 11 is 0. The Morgan fingerprint density at radius 1 is 1.29 bits per heavy atom. The maximum Gasteiger partial charge on any atom is 0.191 e. The van der Waals surface area contributed by atoms with Gasteiger partial charge in [-0.3, -0.25) is 4.99 Å². The van der Waals surface area contributed by atoms with E-state index in [0.29, 0.717) is 12.3 Å². The van der Waals surface area contributed by atoms with Gasteiger partial charge >= 0.3 is 0 Å². The summed E-state index contributed by atoms with van der Waals surface area (Å²) in [7, 11) is 1.74. The van der Waals surface area contributed by atoms with Gasteiger partial charge in [0.1, 0.15) is 17.7 Å². The van der Waals surface area contributed by atoms with Crippen LogP contribution < -0.4 is 15.4 Å². The predicted octanol–water partition coefficient (Wildman–Crippen LogP) is 3.18. The van der Waals surface area contributed by atoms with Crippen molar-refractivity contribution in [2.75, 3.05) is 20.1 Å². The summed E-state index contributed by atoms with van der Waals surface area (Å²) in [5, 5.41) is 6.43. The molecule has 2 N–H and O–H groups in total. The lowest BCUT2D eigenvalue weighted by Crippen LogP contribution is -2.42. The van der Waals surface area contributed by atoms with Crippen LogP contribution in [-0.4, -0.2) is 32.2 Å². The van der Waals surface area contributed by atoms with Crippen LogP contribution in [0.2, 0.25) is 0 Å². The summed E-state index contributed by atoms with van der Waals surface area (Å²) in [5.41, 5.74) is 0. The lowest BCUT2D eigenvalue weighted by atomic mass is 10.3. The molecule has 0 bridgehead atoms. The minimum atomic E-state index is -0.261. The Labute approximate surface area is 143 Å². The molecule has 21 heavy (non-hydrogen) atoms. The van der Waals surface area contributed by atoms with E-state index in [-0.39, 0.29) is 35.9 Å². The van der Waals surface area contributed by atoms with E-state index in [1.807, 2.05) is 6.92 Å². The van der Waals surface area contributed by atoms with Gasteiger partial charge in [0.2, 0.25) is 0 Å². The molecule has 120 valence electrons. The molecule has 0 aliphatic carbocycles. The SMILES string of the molecule is CCCCNC(=NC)NCC(C)Oc1ccc(F)cc1.I. The number of hydrogen-bond donors (Lipinski definition) is 2. The normalized spacial score (nSPS) is 12.3. The quantitative estimate of drug-likeness (QED) is 0.315. The number of nitrogens with one attached hydrogen (secondary N) is 2. The Morgan fingerprint density at radius 3 is 2.52 bits per heavy atom. The van der Waals surface area contributed by atoms with Crippen LogP contribution in [0.5, 0.6) is 5.75 Å². The molecule has 0 radical (unpaired) electrons. The van der Waals surface area contributed by atoms with Crippen LogP contribution >= 0.6 is 24.0 Å². The fourth-order valence-corrected chi connectivity index (χ4v) is 1.63. The molecule has 0 heterocycles. The summed E-state index contributed by atoms with van der Waals surface area (Å²) in [6.45, 7) is 5.64. The van der Waals surface area contributed by atoms with Gasteiger partial charge < -0.3 is 15.4 Å². The van der Waals surface area contributed by atoms with Crippen molar-refractivity contribution in [3.63, 3.8) is 0 Å². The highest BCUT2D eigenvalue weighted by molar-refractivity contribution is 14.0. The lowest BCUT2D eigenvalue weighted by Gasteiger charge is -2.17. The van der Waals surface area contributed by atoms with E-state index in [1.165, 1.54) is 12.1 Å². The van der Waals surface area contributed by atoms with Gasteiger partial charge in [0.15, 0.2) is 5.96 Å². The first kappa shape index (κ1) is 19.9. The Kier molecular flexibility index (Phi) is 11.0. The number of guanidine groups is 1. The first-order valence-electron chi connectivity index (χ1n) is 7.02. The van der Waals surface area contributed by atoms with E-state index in [4.69, 9.17) is 4.74 Å². The van der Waals surface area contributed by atoms with Crippen molar-refractivity contribution >= 4 is 29.9 Å². The summed E-state index contributed by atoms with van der Waals surface area (Å²) in [6.07, 6.45) is 2.22. The fourth-order valence-electron chi connectivity index (χ4n) is 1.63. The van der Waals surface area contributed by atoms with Crippen molar-refractivity contribution in [3.8, 4) is 5.75 Å². The third-order valence-corrected chi connectivity index (χ3v) is 2.75.